The van der Waals surface area contributed by atoms with Gasteiger partial charge in [-0.15, -0.1) is 0 Å². The Morgan fingerprint density at radius 3 is 2.36 bits per heavy atom. The van der Waals surface area contributed by atoms with E-state index in [0.29, 0.717) is 18.4 Å². The molecule has 1 amide bonds. The Bertz CT molecular complexity index is 415. The number of methoxy groups -OCH3 is 1. The highest BCUT2D eigenvalue weighted by molar-refractivity contribution is 5.69. The minimum atomic E-state index is -0.458. The summed E-state index contributed by atoms with van der Waals surface area (Å²) >= 11 is 0. The topological polar surface area (TPSA) is 73.9 Å². The molecule has 0 heterocycles. The standard InChI is InChI=1S/C16H27NO5/c1-15(2,3)22-14(19)17-11-7-16(8-11)9-12(10-16)21-6-5-13(18)20-4/h11-12H,5-10H2,1-4H3,(H,17,19). The molecular formula is C16H27NO5. The zero-order valence-corrected chi connectivity index (χ0v) is 13.9. The van der Waals surface area contributed by atoms with Gasteiger partial charge in [-0.3, -0.25) is 4.79 Å². The van der Waals surface area contributed by atoms with Crippen LogP contribution in [0.25, 0.3) is 0 Å². The fourth-order valence-electron chi connectivity index (χ4n) is 3.33. The van der Waals surface area contributed by atoms with Crippen LogP contribution in [0.2, 0.25) is 0 Å². The molecule has 2 aliphatic carbocycles. The van der Waals surface area contributed by atoms with E-state index >= 15 is 0 Å². The Kier molecular flexibility index (Phi) is 5.00. The van der Waals surface area contributed by atoms with Crippen molar-refractivity contribution in [2.75, 3.05) is 13.7 Å². The Morgan fingerprint density at radius 1 is 1.18 bits per heavy atom. The summed E-state index contributed by atoms with van der Waals surface area (Å²) in [5.74, 6) is -0.237. The SMILES string of the molecule is COC(=O)CCOC1CC2(CC(NC(=O)OC(C)(C)C)C2)C1. The van der Waals surface area contributed by atoms with Gasteiger partial charge < -0.3 is 19.5 Å². The molecule has 0 bridgehead atoms. The van der Waals surface area contributed by atoms with E-state index in [1.54, 1.807) is 0 Å². The van der Waals surface area contributed by atoms with Crippen LogP contribution in [-0.4, -0.2) is 43.5 Å². The molecule has 0 atom stereocenters. The van der Waals surface area contributed by atoms with Gasteiger partial charge in [0.2, 0.25) is 0 Å². The molecule has 0 aromatic carbocycles. The summed E-state index contributed by atoms with van der Waals surface area (Å²) in [4.78, 5) is 22.7. The van der Waals surface area contributed by atoms with E-state index < -0.39 is 5.60 Å². The van der Waals surface area contributed by atoms with Gasteiger partial charge in [-0.1, -0.05) is 0 Å². The van der Waals surface area contributed by atoms with Crippen molar-refractivity contribution in [2.24, 2.45) is 5.41 Å². The van der Waals surface area contributed by atoms with Gasteiger partial charge in [0.25, 0.3) is 0 Å². The zero-order chi connectivity index (χ0) is 16.4. The van der Waals surface area contributed by atoms with Crippen LogP contribution < -0.4 is 5.32 Å². The third kappa shape index (κ3) is 4.60. The molecule has 1 spiro atoms. The van der Waals surface area contributed by atoms with E-state index in [1.807, 2.05) is 20.8 Å². The van der Waals surface area contributed by atoms with E-state index in [2.05, 4.69) is 10.1 Å². The molecule has 2 saturated carbocycles. The molecule has 0 aromatic heterocycles. The van der Waals surface area contributed by atoms with Crippen molar-refractivity contribution >= 4 is 12.1 Å². The predicted molar refractivity (Wildman–Crippen MR) is 80.4 cm³/mol. The van der Waals surface area contributed by atoms with Gasteiger partial charge in [-0.25, -0.2) is 4.79 Å². The second kappa shape index (κ2) is 6.44. The molecule has 6 nitrogen and oxygen atoms in total. The Morgan fingerprint density at radius 2 is 1.82 bits per heavy atom. The number of carbonyl (C=O) groups excluding carboxylic acids is 2. The quantitative estimate of drug-likeness (QED) is 0.789. The van der Waals surface area contributed by atoms with Gasteiger partial charge in [-0.05, 0) is 51.9 Å². The van der Waals surface area contributed by atoms with Crippen LogP contribution in [-0.2, 0) is 19.0 Å². The zero-order valence-electron chi connectivity index (χ0n) is 13.9. The minimum absolute atomic E-state index is 0.214. The smallest absolute Gasteiger partial charge is 0.407 e. The van der Waals surface area contributed by atoms with Crippen LogP contribution in [0.1, 0.15) is 52.9 Å². The van der Waals surface area contributed by atoms with Crippen molar-refractivity contribution < 1.29 is 23.8 Å². The maximum atomic E-state index is 11.7. The Hall–Kier alpha value is -1.30. The molecule has 0 radical (unpaired) electrons. The predicted octanol–water partition coefficient (Wildman–Crippen LogP) is 2.40. The molecule has 1 N–H and O–H groups in total. The number of nitrogens with one attached hydrogen (secondary N) is 1. The lowest BCUT2D eigenvalue weighted by Crippen LogP contribution is -2.58. The van der Waals surface area contributed by atoms with Gasteiger partial charge in [0.15, 0.2) is 0 Å². The molecule has 2 aliphatic rings. The first-order chi connectivity index (χ1) is 10.2. The molecule has 2 fully saturated rings. The first-order valence-electron chi connectivity index (χ1n) is 7.89. The highest BCUT2D eigenvalue weighted by Crippen LogP contribution is 2.56. The fourth-order valence-corrected chi connectivity index (χ4v) is 3.33. The second-order valence-electron chi connectivity index (χ2n) is 7.48. The number of ether oxygens (including phenoxy) is 3. The number of esters is 1. The number of rotatable bonds is 5. The molecule has 0 unspecified atom stereocenters. The van der Waals surface area contributed by atoms with Crippen LogP contribution in [0, 0.1) is 5.41 Å². The molecule has 6 heteroatoms. The number of carbonyl (C=O) groups is 2. The van der Waals surface area contributed by atoms with Crippen molar-refractivity contribution in [1.29, 1.82) is 0 Å². The van der Waals surface area contributed by atoms with Crippen molar-refractivity contribution in [3.63, 3.8) is 0 Å². The molecule has 0 aliphatic heterocycles. The summed E-state index contributed by atoms with van der Waals surface area (Å²) in [5, 5.41) is 2.91. The summed E-state index contributed by atoms with van der Waals surface area (Å²) in [7, 11) is 1.38. The molecular weight excluding hydrogens is 286 g/mol. The van der Waals surface area contributed by atoms with E-state index in [0.717, 1.165) is 25.7 Å². The molecule has 0 saturated heterocycles. The first-order valence-corrected chi connectivity index (χ1v) is 7.89. The van der Waals surface area contributed by atoms with Crippen LogP contribution in [0.15, 0.2) is 0 Å². The van der Waals surface area contributed by atoms with Crippen LogP contribution in [0.4, 0.5) is 4.79 Å². The second-order valence-corrected chi connectivity index (χ2v) is 7.48. The highest BCUT2D eigenvalue weighted by atomic mass is 16.6. The lowest BCUT2D eigenvalue weighted by atomic mass is 9.53. The fraction of sp³-hybridized carbons (Fsp3) is 0.875. The molecule has 126 valence electrons. The monoisotopic (exact) mass is 313 g/mol. The minimum Gasteiger partial charge on any atom is -0.469 e. The Labute approximate surface area is 131 Å². The summed E-state index contributed by atoms with van der Waals surface area (Å²) in [6.07, 6.45) is 4.22. The van der Waals surface area contributed by atoms with E-state index in [-0.39, 0.29) is 24.2 Å². The van der Waals surface area contributed by atoms with Crippen LogP contribution >= 0.6 is 0 Å². The summed E-state index contributed by atoms with van der Waals surface area (Å²) in [6.45, 7) is 6.00. The third-order valence-corrected chi connectivity index (χ3v) is 4.29. The largest absolute Gasteiger partial charge is 0.469 e. The van der Waals surface area contributed by atoms with Gasteiger partial charge >= 0.3 is 12.1 Å². The van der Waals surface area contributed by atoms with E-state index in [4.69, 9.17) is 9.47 Å². The number of hydrogen-bond donors (Lipinski definition) is 1. The maximum Gasteiger partial charge on any atom is 0.407 e. The van der Waals surface area contributed by atoms with Crippen molar-refractivity contribution in [2.45, 2.75) is 70.6 Å². The van der Waals surface area contributed by atoms with Crippen molar-refractivity contribution in [3.05, 3.63) is 0 Å². The Balaban J connectivity index is 1.57. The maximum absolute atomic E-state index is 11.7. The van der Waals surface area contributed by atoms with Crippen LogP contribution in [0.3, 0.4) is 0 Å². The number of alkyl carbamates (subject to hydrolysis) is 1. The van der Waals surface area contributed by atoms with Gasteiger partial charge in [0.1, 0.15) is 5.60 Å². The normalized spacial score (nSPS) is 30.2. The third-order valence-electron chi connectivity index (χ3n) is 4.29. The number of hydrogen-bond acceptors (Lipinski definition) is 5. The number of amides is 1. The van der Waals surface area contributed by atoms with Gasteiger partial charge in [0.05, 0.1) is 26.2 Å². The summed E-state index contributed by atoms with van der Waals surface area (Å²) in [6, 6.07) is 0.214. The average Bonchev–Trinajstić information content (AvgIpc) is 2.30. The first kappa shape index (κ1) is 17.1. The van der Waals surface area contributed by atoms with Gasteiger partial charge in [0, 0.05) is 6.04 Å². The lowest BCUT2D eigenvalue weighted by molar-refractivity contribution is -0.148. The van der Waals surface area contributed by atoms with E-state index in [1.165, 1.54) is 7.11 Å². The van der Waals surface area contributed by atoms with Crippen molar-refractivity contribution in [3.8, 4) is 0 Å². The summed E-state index contributed by atoms with van der Waals surface area (Å²) < 4.78 is 15.5. The molecule has 2 rings (SSSR count). The van der Waals surface area contributed by atoms with E-state index in [9.17, 15) is 9.59 Å². The average molecular weight is 313 g/mol. The highest BCUT2D eigenvalue weighted by Gasteiger charge is 2.53. The summed E-state index contributed by atoms with van der Waals surface area (Å²) in [5.41, 5.74) is -0.129. The van der Waals surface area contributed by atoms with Crippen LogP contribution in [0.5, 0.6) is 0 Å². The van der Waals surface area contributed by atoms with Crippen molar-refractivity contribution in [1.82, 2.24) is 5.32 Å². The molecule has 22 heavy (non-hydrogen) atoms. The molecule has 0 aromatic rings. The van der Waals surface area contributed by atoms with Gasteiger partial charge in [-0.2, -0.15) is 0 Å². The lowest BCUT2D eigenvalue weighted by Gasteiger charge is -2.57.